The summed E-state index contributed by atoms with van der Waals surface area (Å²) >= 11 is 0. The molecule has 0 heterocycles. The molecular formula is C12H14O3. The third kappa shape index (κ3) is 2.24. The van der Waals surface area contributed by atoms with Gasteiger partial charge in [-0.1, -0.05) is 13.0 Å². The van der Waals surface area contributed by atoms with E-state index in [-0.39, 0.29) is 0 Å². The molecule has 0 amide bonds. The molecule has 80 valence electrons. The quantitative estimate of drug-likeness (QED) is 0.562. The van der Waals surface area contributed by atoms with Crippen molar-refractivity contribution in [3.8, 4) is 0 Å². The average Bonchev–Trinajstić information content (AvgIpc) is 2.27. The number of carbonyl (C=O) groups excluding carboxylic acids is 2. The van der Waals surface area contributed by atoms with Crippen molar-refractivity contribution in [2.75, 3.05) is 7.11 Å². The van der Waals surface area contributed by atoms with E-state index in [1.54, 1.807) is 6.07 Å². The molecule has 0 aliphatic heterocycles. The van der Waals surface area contributed by atoms with Crippen LogP contribution in [-0.4, -0.2) is 19.4 Å². The van der Waals surface area contributed by atoms with Crippen LogP contribution in [0.3, 0.4) is 0 Å². The topological polar surface area (TPSA) is 43.4 Å². The van der Waals surface area contributed by atoms with Crippen LogP contribution in [0.15, 0.2) is 12.1 Å². The van der Waals surface area contributed by atoms with Gasteiger partial charge in [0.2, 0.25) is 0 Å². The van der Waals surface area contributed by atoms with Crippen LogP contribution in [0, 0.1) is 6.92 Å². The third-order valence-electron chi connectivity index (χ3n) is 2.41. The Hall–Kier alpha value is -1.64. The number of benzene rings is 1. The molecule has 1 rings (SSSR count). The summed E-state index contributed by atoms with van der Waals surface area (Å²) in [5.41, 5.74) is 2.81. The molecule has 0 bridgehead atoms. The molecule has 1 aromatic carbocycles. The van der Waals surface area contributed by atoms with Gasteiger partial charge in [-0.2, -0.15) is 0 Å². The number of aryl methyl sites for hydroxylation is 2. The van der Waals surface area contributed by atoms with Crippen LogP contribution in [-0.2, 0) is 11.2 Å². The average molecular weight is 206 g/mol. The minimum Gasteiger partial charge on any atom is -0.465 e. The van der Waals surface area contributed by atoms with Crippen LogP contribution < -0.4 is 0 Å². The molecule has 0 spiro atoms. The summed E-state index contributed by atoms with van der Waals surface area (Å²) in [6.07, 6.45) is 1.49. The number of hydrogen-bond donors (Lipinski definition) is 0. The Kier molecular flexibility index (Phi) is 3.61. The standard InChI is InChI=1S/C12H14O3/c1-4-9-5-8(2)10(7-13)6-11(9)12(14)15-3/h5-7H,4H2,1-3H3. The summed E-state index contributed by atoms with van der Waals surface area (Å²) in [4.78, 5) is 22.2. The van der Waals surface area contributed by atoms with E-state index in [0.29, 0.717) is 11.1 Å². The van der Waals surface area contributed by atoms with Gasteiger partial charge in [-0.05, 0) is 30.5 Å². The van der Waals surface area contributed by atoms with Crippen molar-refractivity contribution in [2.45, 2.75) is 20.3 Å². The fourth-order valence-electron chi connectivity index (χ4n) is 1.50. The molecule has 0 N–H and O–H groups in total. The van der Waals surface area contributed by atoms with Crippen molar-refractivity contribution in [3.05, 3.63) is 34.4 Å². The van der Waals surface area contributed by atoms with E-state index in [1.807, 2.05) is 19.9 Å². The highest BCUT2D eigenvalue weighted by atomic mass is 16.5. The van der Waals surface area contributed by atoms with Gasteiger partial charge in [0.05, 0.1) is 12.7 Å². The second kappa shape index (κ2) is 4.73. The zero-order valence-corrected chi connectivity index (χ0v) is 9.16. The largest absolute Gasteiger partial charge is 0.465 e. The van der Waals surface area contributed by atoms with E-state index in [9.17, 15) is 9.59 Å². The van der Waals surface area contributed by atoms with Crippen LogP contribution in [0.4, 0.5) is 0 Å². The number of ether oxygens (including phenoxy) is 1. The first-order valence-corrected chi connectivity index (χ1v) is 4.81. The normalized spacial score (nSPS) is 9.80. The predicted molar refractivity (Wildman–Crippen MR) is 57.3 cm³/mol. The zero-order chi connectivity index (χ0) is 11.4. The summed E-state index contributed by atoms with van der Waals surface area (Å²) in [6.45, 7) is 3.81. The van der Waals surface area contributed by atoms with Gasteiger partial charge in [0.15, 0.2) is 0 Å². The van der Waals surface area contributed by atoms with E-state index in [1.165, 1.54) is 7.11 Å². The van der Waals surface area contributed by atoms with Gasteiger partial charge in [-0.25, -0.2) is 4.79 Å². The van der Waals surface area contributed by atoms with Crippen LogP contribution in [0.25, 0.3) is 0 Å². The van der Waals surface area contributed by atoms with Crippen LogP contribution >= 0.6 is 0 Å². The first-order chi connectivity index (χ1) is 7.13. The van der Waals surface area contributed by atoms with Gasteiger partial charge >= 0.3 is 5.97 Å². The minimum atomic E-state index is -0.394. The van der Waals surface area contributed by atoms with Crippen molar-refractivity contribution >= 4 is 12.3 Å². The van der Waals surface area contributed by atoms with Crippen molar-refractivity contribution in [1.82, 2.24) is 0 Å². The molecule has 0 saturated heterocycles. The van der Waals surface area contributed by atoms with Crippen molar-refractivity contribution in [3.63, 3.8) is 0 Å². The number of methoxy groups -OCH3 is 1. The Morgan fingerprint density at radius 3 is 2.60 bits per heavy atom. The van der Waals surface area contributed by atoms with Gasteiger partial charge in [0.25, 0.3) is 0 Å². The summed E-state index contributed by atoms with van der Waals surface area (Å²) in [6, 6.07) is 3.45. The maximum absolute atomic E-state index is 11.4. The van der Waals surface area contributed by atoms with Crippen molar-refractivity contribution in [1.29, 1.82) is 0 Å². The van der Waals surface area contributed by atoms with Crippen LogP contribution in [0.2, 0.25) is 0 Å². The lowest BCUT2D eigenvalue weighted by Crippen LogP contribution is -2.07. The Morgan fingerprint density at radius 2 is 2.13 bits per heavy atom. The second-order valence-electron chi connectivity index (χ2n) is 3.33. The maximum Gasteiger partial charge on any atom is 0.338 e. The van der Waals surface area contributed by atoms with E-state index >= 15 is 0 Å². The minimum absolute atomic E-state index is 0.394. The lowest BCUT2D eigenvalue weighted by molar-refractivity contribution is 0.0599. The predicted octanol–water partition coefficient (Wildman–Crippen LogP) is 2.16. The SMILES string of the molecule is CCc1cc(C)c(C=O)cc1C(=O)OC. The Morgan fingerprint density at radius 1 is 1.47 bits per heavy atom. The van der Waals surface area contributed by atoms with Gasteiger partial charge in [0.1, 0.15) is 6.29 Å². The van der Waals surface area contributed by atoms with Gasteiger partial charge in [-0.3, -0.25) is 4.79 Å². The maximum atomic E-state index is 11.4. The molecule has 3 heteroatoms. The molecule has 1 aromatic rings. The molecular weight excluding hydrogens is 192 g/mol. The van der Waals surface area contributed by atoms with Crippen LogP contribution in [0.1, 0.15) is 38.8 Å². The number of hydrogen-bond acceptors (Lipinski definition) is 3. The highest BCUT2D eigenvalue weighted by Crippen LogP contribution is 2.17. The zero-order valence-electron chi connectivity index (χ0n) is 9.16. The molecule has 0 fully saturated rings. The third-order valence-corrected chi connectivity index (χ3v) is 2.41. The number of aldehydes is 1. The van der Waals surface area contributed by atoms with Crippen molar-refractivity contribution in [2.24, 2.45) is 0 Å². The highest BCUT2D eigenvalue weighted by molar-refractivity contribution is 5.93. The Labute approximate surface area is 89.1 Å². The molecule has 15 heavy (non-hydrogen) atoms. The Bertz CT molecular complexity index is 394. The summed E-state index contributed by atoms with van der Waals surface area (Å²) in [7, 11) is 1.34. The number of esters is 1. The van der Waals surface area contributed by atoms with E-state index in [0.717, 1.165) is 23.8 Å². The second-order valence-corrected chi connectivity index (χ2v) is 3.33. The summed E-state index contributed by atoms with van der Waals surface area (Å²) < 4.78 is 4.66. The molecule has 0 radical (unpaired) electrons. The summed E-state index contributed by atoms with van der Waals surface area (Å²) in [5.74, 6) is -0.394. The van der Waals surface area contributed by atoms with Gasteiger partial charge < -0.3 is 4.74 Å². The number of carbonyl (C=O) groups is 2. The van der Waals surface area contributed by atoms with E-state index in [2.05, 4.69) is 4.74 Å². The number of rotatable bonds is 3. The van der Waals surface area contributed by atoms with E-state index < -0.39 is 5.97 Å². The molecule has 0 saturated carbocycles. The smallest absolute Gasteiger partial charge is 0.338 e. The van der Waals surface area contributed by atoms with Crippen molar-refractivity contribution < 1.29 is 14.3 Å². The molecule has 3 nitrogen and oxygen atoms in total. The lowest BCUT2D eigenvalue weighted by Gasteiger charge is -2.08. The van der Waals surface area contributed by atoms with Gasteiger partial charge in [0, 0.05) is 5.56 Å². The summed E-state index contributed by atoms with van der Waals surface area (Å²) in [5, 5.41) is 0. The first-order valence-electron chi connectivity index (χ1n) is 4.81. The van der Waals surface area contributed by atoms with E-state index in [4.69, 9.17) is 0 Å². The van der Waals surface area contributed by atoms with Gasteiger partial charge in [-0.15, -0.1) is 0 Å². The molecule has 0 aliphatic rings. The molecule has 0 aliphatic carbocycles. The Balaban J connectivity index is 3.34. The molecule has 0 atom stereocenters. The fourth-order valence-corrected chi connectivity index (χ4v) is 1.50. The van der Waals surface area contributed by atoms with Crippen LogP contribution in [0.5, 0.6) is 0 Å². The monoisotopic (exact) mass is 206 g/mol. The first kappa shape index (κ1) is 11.4. The molecule has 0 unspecified atom stereocenters. The molecule has 0 aromatic heterocycles. The lowest BCUT2D eigenvalue weighted by atomic mass is 9.98. The highest BCUT2D eigenvalue weighted by Gasteiger charge is 2.13. The fraction of sp³-hybridized carbons (Fsp3) is 0.333.